The topological polar surface area (TPSA) is 92.6 Å². The Morgan fingerprint density at radius 1 is 1.15 bits per heavy atom. The Balaban J connectivity index is 3.19. The Kier molecular flexibility index (Phi) is 5.03. The van der Waals surface area contributed by atoms with Gasteiger partial charge < -0.3 is 10.1 Å². The monoisotopic (exact) mass is 274 g/mol. The lowest BCUT2D eigenvalue weighted by atomic mass is 10.2. The molecule has 1 rings (SSSR count). The molecule has 1 aromatic rings. The van der Waals surface area contributed by atoms with Gasteiger partial charge in [-0.15, -0.1) is 0 Å². The summed E-state index contributed by atoms with van der Waals surface area (Å²) < 4.78 is 32.0. The lowest BCUT2D eigenvalue weighted by Gasteiger charge is -2.09. The average Bonchev–Trinajstić information content (AvgIpc) is 2.43. The van der Waals surface area contributed by atoms with E-state index in [0.717, 1.165) is 12.1 Å². The predicted molar refractivity (Wildman–Crippen MR) is 65.0 cm³/mol. The van der Waals surface area contributed by atoms with Crippen molar-refractivity contribution in [3.63, 3.8) is 0 Å². The number of halogens is 2. The minimum Gasteiger partial charge on any atom is -0.488 e. The highest BCUT2D eigenvalue weighted by Gasteiger charge is 2.14. The van der Waals surface area contributed by atoms with Gasteiger partial charge in [-0.3, -0.25) is 0 Å². The van der Waals surface area contributed by atoms with E-state index in [1.807, 2.05) is 0 Å². The summed E-state index contributed by atoms with van der Waals surface area (Å²) in [5.74, 6) is -2.44. The highest BCUT2D eigenvalue weighted by molar-refractivity contribution is 5.59. The van der Waals surface area contributed by atoms with Crippen molar-refractivity contribution in [3.05, 3.63) is 35.0 Å². The first-order chi connectivity index (χ1) is 9.57. The zero-order valence-corrected chi connectivity index (χ0v) is 10.4. The number of benzene rings is 1. The molecule has 0 aliphatic heterocycles. The molecular formula is C13H8F2N4O. The third kappa shape index (κ3) is 3.22. The van der Waals surface area contributed by atoms with Crippen LogP contribution in [0.2, 0.25) is 0 Å². The molecule has 100 valence electrons. The summed E-state index contributed by atoms with van der Waals surface area (Å²) in [5, 5.41) is 28.4. The van der Waals surface area contributed by atoms with Gasteiger partial charge in [-0.05, 0) is 6.92 Å². The number of hydrogen-bond donors (Lipinski definition) is 1. The van der Waals surface area contributed by atoms with Crippen molar-refractivity contribution in [2.24, 2.45) is 0 Å². The van der Waals surface area contributed by atoms with Crippen LogP contribution in [0.5, 0.6) is 5.75 Å². The number of allylic oxidation sites excluding steroid dienone is 2. The standard InChI is InChI=1S/C13H8F2N4O/c1-2-20-13-10(14)3-9(4-11(13)15)19-12(7-18)8(5-16)6-17/h3-4,19H,2H2,1H3. The maximum absolute atomic E-state index is 13.6. The van der Waals surface area contributed by atoms with Gasteiger partial charge in [0.1, 0.15) is 23.9 Å². The largest absolute Gasteiger partial charge is 0.488 e. The van der Waals surface area contributed by atoms with Gasteiger partial charge in [0.2, 0.25) is 0 Å². The number of rotatable bonds is 4. The van der Waals surface area contributed by atoms with E-state index in [1.54, 1.807) is 13.0 Å². The van der Waals surface area contributed by atoms with Crippen LogP contribution in [0.3, 0.4) is 0 Å². The highest BCUT2D eigenvalue weighted by atomic mass is 19.1. The maximum Gasteiger partial charge on any atom is 0.190 e. The van der Waals surface area contributed by atoms with Gasteiger partial charge in [0, 0.05) is 17.8 Å². The smallest absolute Gasteiger partial charge is 0.190 e. The summed E-state index contributed by atoms with van der Waals surface area (Å²) in [6, 6.07) is 6.39. The molecule has 7 heteroatoms. The van der Waals surface area contributed by atoms with Gasteiger partial charge in [0.05, 0.1) is 6.61 Å². The van der Waals surface area contributed by atoms with Crippen LogP contribution in [-0.2, 0) is 0 Å². The number of nitriles is 3. The van der Waals surface area contributed by atoms with E-state index in [0.29, 0.717) is 0 Å². The molecule has 0 heterocycles. The molecule has 0 spiro atoms. The molecule has 0 amide bonds. The summed E-state index contributed by atoms with van der Waals surface area (Å²) in [6.45, 7) is 1.67. The molecule has 0 aliphatic rings. The third-order valence-corrected chi connectivity index (χ3v) is 2.14. The first-order valence-corrected chi connectivity index (χ1v) is 5.40. The first-order valence-electron chi connectivity index (χ1n) is 5.40. The summed E-state index contributed by atoms with van der Waals surface area (Å²) in [7, 11) is 0. The summed E-state index contributed by atoms with van der Waals surface area (Å²) in [5.41, 5.74) is -0.983. The van der Waals surface area contributed by atoms with E-state index < -0.39 is 28.7 Å². The van der Waals surface area contributed by atoms with Crippen molar-refractivity contribution < 1.29 is 13.5 Å². The minimum absolute atomic E-state index is 0.0942. The first kappa shape index (κ1) is 14.9. The quantitative estimate of drug-likeness (QED) is 0.852. The van der Waals surface area contributed by atoms with Crippen LogP contribution in [0.1, 0.15) is 6.92 Å². The van der Waals surface area contributed by atoms with Gasteiger partial charge in [-0.1, -0.05) is 0 Å². The van der Waals surface area contributed by atoms with Crippen LogP contribution >= 0.6 is 0 Å². The number of nitrogens with one attached hydrogen (secondary N) is 1. The molecule has 0 radical (unpaired) electrons. The normalized spacial score (nSPS) is 8.80. The molecular weight excluding hydrogens is 266 g/mol. The fraction of sp³-hybridized carbons (Fsp3) is 0.154. The number of hydrogen-bond acceptors (Lipinski definition) is 5. The summed E-state index contributed by atoms with van der Waals surface area (Å²) >= 11 is 0. The number of ether oxygens (including phenoxy) is 1. The minimum atomic E-state index is -0.956. The van der Waals surface area contributed by atoms with Gasteiger partial charge in [-0.2, -0.15) is 15.8 Å². The van der Waals surface area contributed by atoms with Gasteiger partial charge >= 0.3 is 0 Å². The molecule has 0 saturated carbocycles. The summed E-state index contributed by atoms with van der Waals surface area (Å²) in [4.78, 5) is 0. The van der Waals surface area contributed by atoms with Crippen molar-refractivity contribution in [1.82, 2.24) is 0 Å². The average molecular weight is 274 g/mol. The van der Waals surface area contributed by atoms with Crippen molar-refractivity contribution in [3.8, 4) is 24.0 Å². The Labute approximate surface area is 113 Å². The third-order valence-electron chi connectivity index (χ3n) is 2.14. The molecule has 0 bridgehead atoms. The van der Waals surface area contributed by atoms with Gasteiger partial charge in [0.15, 0.2) is 23.0 Å². The fourth-order valence-corrected chi connectivity index (χ4v) is 1.34. The Bertz CT molecular complexity index is 638. The lowest BCUT2D eigenvalue weighted by molar-refractivity contribution is 0.303. The van der Waals surface area contributed by atoms with Gasteiger partial charge in [-0.25, -0.2) is 8.78 Å². The van der Waals surface area contributed by atoms with Crippen molar-refractivity contribution in [1.29, 1.82) is 15.8 Å². The van der Waals surface area contributed by atoms with E-state index in [-0.39, 0.29) is 12.3 Å². The van der Waals surface area contributed by atoms with E-state index >= 15 is 0 Å². The molecule has 0 aliphatic carbocycles. The van der Waals surface area contributed by atoms with E-state index in [1.165, 1.54) is 12.1 Å². The molecule has 0 fully saturated rings. The Hall–Kier alpha value is -3.11. The molecule has 5 nitrogen and oxygen atoms in total. The molecule has 20 heavy (non-hydrogen) atoms. The van der Waals surface area contributed by atoms with Gasteiger partial charge in [0.25, 0.3) is 0 Å². The van der Waals surface area contributed by atoms with E-state index in [9.17, 15) is 8.78 Å². The van der Waals surface area contributed by atoms with Crippen LogP contribution in [0.15, 0.2) is 23.4 Å². The Morgan fingerprint density at radius 3 is 2.10 bits per heavy atom. The molecule has 0 atom stereocenters. The zero-order valence-electron chi connectivity index (χ0n) is 10.4. The van der Waals surface area contributed by atoms with Crippen molar-refractivity contribution >= 4 is 5.69 Å². The van der Waals surface area contributed by atoms with Crippen molar-refractivity contribution in [2.45, 2.75) is 6.92 Å². The molecule has 0 aromatic heterocycles. The second-order valence-electron chi connectivity index (χ2n) is 3.41. The predicted octanol–water partition coefficient (Wildman–Crippen LogP) is 2.60. The van der Waals surface area contributed by atoms with E-state index in [2.05, 4.69) is 5.32 Å². The van der Waals surface area contributed by atoms with Crippen molar-refractivity contribution in [2.75, 3.05) is 11.9 Å². The van der Waals surface area contributed by atoms with Crippen LogP contribution < -0.4 is 10.1 Å². The SMILES string of the molecule is CCOc1c(F)cc(NC(C#N)=C(C#N)C#N)cc1F. The second kappa shape index (κ2) is 6.72. The zero-order chi connectivity index (χ0) is 15.1. The van der Waals surface area contributed by atoms with Crippen LogP contribution in [0, 0.1) is 45.6 Å². The molecule has 1 N–H and O–H groups in total. The second-order valence-corrected chi connectivity index (χ2v) is 3.41. The van der Waals surface area contributed by atoms with Crippen LogP contribution in [-0.4, -0.2) is 6.61 Å². The number of anilines is 1. The van der Waals surface area contributed by atoms with Crippen LogP contribution in [0.25, 0.3) is 0 Å². The maximum atomic E-state index is 13.6. The van der Waals surface area contributed by atoms with E-state index in [4.69, 9.17) is 20.5 Å². The number of nitrogens with zero attached hydrogens (tertiary/aromatic N) is 3. The molecule has 1 aromatic carbocycles. The lowest BCUT2D eigenvalue weighted by Crippen LogP contribution is -2.04. The highest BCUT2D eigenvalue weighted by Crippen LogP contribution is 2.26. The molecule has 0 unspecified atom stereocenters. The fourth-order valence-electron chi connectivity index (χ4n) is 1.34. The summed E-state index contributed by atoms with van der Waals surface area (Å²) in [6.07, 6.45) is 0. The Morgan fingerprint density at radius 2 is 1.70 bits per heavy atom. The molecule has 0 saturated heterocycles. The van der Waals surface area contributed by atoms with Crippen LogP contribution in [0.4, 0.5) is 14.5 Å².